The first-order valence-corrected chi connectivity index (χ1v) is 13.7. The lowest BCUT2D eigenvalue weighted by molar-refractivity contribution is -0.120. The number of halogens is 1. The zero-order chi connectivity index (χ0) is 26.6. The Morgan fingerprint density at radius 2 is 1.46 bits per heavy atom. The number of sulfonamides is 1. The molecule has 1 unspecified atom stereocenters. The molecular weight excluding hydrogens is 504 g/mol. The molecule has 4 aromatic rings. The highest BCUT2D eigenvalue weighted by Crippen LogP contribution is 2.31. The van der Waals surface area contributed by atoms with Crippen LogP contribution in [-0.4, -0.2) is 20.9 Å². The van der Waals surface area contributed by atoms with Crippen LogP contribution in [-0.2, 0) is 14.8 Å². The van der Waals surface area contributed by atoms with Gasteiger partial charge in [-0.25, -0.2) is 8.42 Å². The first-order chi connectivity index (χ1) is 17.7. The molecule has 7 heteroatoms. The van der Waals surface area contributed by atoms with Crippen molar-refractivity contribution in [1.82, 2.24) is 5.32 Å². The molecule has 0 aliphatic carbocycles. The third-order valence-electron chi connectivity index (χ3n) is 6.22. The molecule has 0 aliphatic heterocycles. The summed E-state index contributed by atoms with van der Waals surface area (Å²) in [5.74, 6) is -0.439. The third-order valence-corrected chi connectivity index (χ3v) is 8.40. The number of aryl methyl sites for hydroxylation is 2. The summed E-state index contributed by atoms with van der Waals surface area (Å²) in [5, 5.41) is 3.49. The van der Waals surface area contributed by atoms with Gasteiger partial charge in [0.15, 0.2) is 0 Å². The van der Waals surface area contributed by atoms with Crippen LogP contribution < -0.4 is 9.62 Å². The molecule has 0 saturated carbocycles. The fraction of sp³-hybridized carbons (Fsp3) is 0.167. The van der Waals surface area contributed by atoms with E-state index in [4.69, 9.17) is 11.6 Å². The van der Waals surface area contributed by atoms with Crippen molar-refractivity contribution < 1.29 is 13.2 Å². The van der Waals surface area contributed by atoms with Gasteiger partial charge in [-0.3, -0.25) is 9.10 Å². The number of carbonyl (C=O) groups is 1. The highest BCUT2D eigenvalue weighted by atomic mass is 35.5. The number of nitrogens with one attached hydrogen (secondary N) is 1. The van der Waals surface area contributed by atoms with E-state index in [0.717, 1.165) is 26.6 Å². The zero-order valence-corrected chi connectivity index (χ0v) is 22.6. The van der Waals surface area contributed by atoms with Crippen molar-refractivity contribution >= 4 is 33.2 Å². The fourth-order valence-corrected chi connectivity index (χ4v) is 5.84. The molecule has 5 nitrogen and oxygen atoms in total. The number of benzene rings is 4. The van der Waals surface area contributed by atoms with E-state index in [-0.39, 0.29) is 4.90 Å². The number of carbonyl (C=O) groups excluding carboxylic acids is 1. The van der Waals surface area contributed by atoms with Crippen molar-refractivity contribution in [3.8, 4) is 0 Å². The molecule has 0 saturated heterocycles. The van der Waals surface area contributed by atoms with Gasteiger partial charge < -0.3 is 5.32 Å². The molecule has 0 aliphatic rings. The average molecular weight is 533 g/mol. The Bertz CT molecular complexity index is 1500. The Morgan fingerprint density at radius 1 is 0.811 bits per heavy atom. The predicted molar refractivity (Wildman–Crippen MR) is 150 cm³/mol. The third kappa shape index (κ3) is 6.04. The Hall–Kier alpha value is -3.61. The predicted octanol–water partition coefficient (Wildman–Crippen LogP) is 6.37. The van der Waals surface area contributed by atoms with Crippen molar-refractivity contribution in [2.24, 2.45) is 0 Å². The fourth-order valence-electron chi connectivity index (χ4n) is 4.19. The second-order valence-electron chi connectivity index (χ2n) is 9.03. The molecule has 190 valence electrons. The van der Waals surface area contributed by atoms with E-state index in [9.17, 15) is 13.2 Å². The van der Waals surface area contributed by atoms with Gasteiger partial charge in [-0.2, -0.15) is 0 Å². The zero-order valence-electron chi connectivity index (χ0n) is 21.0. The van der Waals surface area contributed by atoms with Gasteiger partial charge in [0.1, 0.15) is 6.54 Å². The van der Waals surface area contributed by atoms with Gasteiger partial charge in [-0.1, -0.05) is 95.5 Å². The molecule has 4 rings (SSSR count). The van der Waals surface area contributed by atoms with Crippen LogP contribution in [0.5, 0.6) is 0 Å². The minimum Gasteiger partial charge on any atom is -0.344 e. The van der Waals surface area contributed by atoms with E-state index in [1.54, 1.807) is 49.4 Å². The van der Waals surface area contributed by atoms with Crippen molar-refractivity contribution in [2.45, 2.75) is 31.7 Å². The molecule has 0 heterocycles. The molecule has 1 atom stereocenters. The number of nitrogens with zero attached hydrogens (tertiary/aromatic N) is 1. The van der Waals surface area contributed by atoms with E-state index < -0.39 is 28.5 Å². The number of amides is 1. The van der Waals surface area contributed by atoms with Gasteiger partial charge in [-0.15, -0.1) is 0 Å². The molecule has 0 fully saturated rings. The van der Waals surface area contributed by atoms with Crippen LogP contribution >= 0.6 is 11.6 Å². The van der Waals surface area contributed by atoms with Gasteiger partial charge in [0.25, 0.3) is 10.0 Å². The van der Waals surface area contributed by atoms with Crippen LogP contribution in [0.1, 0.15) is 33.9 Å². The number of rotatable bonds is 8. The summed E-state index contributed by atoms with van der Waals surface area (Å²) in [7, 11) is -4.06. The van der Waals surface area contributed by atoms with Crippen molar-refractivity contribution in [3.05, 3.63) is 130 Å². The van der Waals surface area contributed by atoms with Crippen LogP contribution in [0.15, 0.2) is 102 Å². The first-order valence-electron chi connectivity index (χ1n) is 11.9. The number of hydrogen-bond acceptors (Lipinski definition) is 3. The lowest BCUT2D eigenvalue weighted by atomic mass is 9.97. The summed E-state index contributed by atoms with van der Waals surface area (Å²) in [6, 6.07) is 28.7. The molecule has 0 spiro atoms. The normalized spacial score (nSPS) is 12.1. The molecule has 4 aromatic carbocycles. The Morgan fingerprint density at radius 3 is 2.14 bits per heavy atom. The number of anilines is 1. The van der Waals surface area contributed by atoms with E-state index in [1.807, 2.05) is 68.4 Å². The highest BCUT2D eigenvalue weighted by Gasteiger charge is 2.30. The summed E-state index contributed by atoms with van der Waals surface area (Å²) in [4.78, 5) is 13.6. The standard InChI is InChI=1S/C30H29ClN2O3S/c1-21-15-17-26(18-16-21)37(35,36)33(28-14-8-13-27(31)23(28)3)20-29(34)32-30(24-10-5-4-6-11-24)25-12-7-9-22(2)19-25/h4-19,30H,20H2,1-3H3,(H,32,34). The van der Waals surface area contributed by atoms with Gasteiger partial charge in [0.05, 0.1) is 16.6 Å². The summed E-state index contributed by atoms with van der Waals surface area (Å²) in [6.45, 7) is 5.21. The maximum Gasteiger partial charge on any atom is 0.264 e. The summed E-state index contributed by atoms with van der Waals surface area (Å²) < 4.78 is 28.8. The molecule has 0 bridgehead atoms. The summed E-state index contributed by atoms with van der Waals surface area (Å²) in [6.07, 6.45) is 0. The van der Waals surface area contributed by atoms with Gasteiger partial charge in [0.2, 0.25) is 5.91 Å². The van der Waals surface area contributed by atoms with Crippen LogP contribution in [0, 0.1) is 20.8 Å². The second kappa shape index (κ2) is 11.2. The van der Waals surface area contributed by atoms with E-state index >= 15 is 0 Å². The van der Waals surface area contributed by atoms with Crippen LogP contribution in [0.3, 0.4) is 0 Å². The minimum absolute atomic E-state index is 0.101. The lowest BCUT2D eigenvalue weighted by Gasteiger charge is -2.27. The van der Waals surface area contributed by atoms with Crippen molar-refractivity contribution in [1.29, 1.82) is 0 Å². The molecule has 0 aromatic heterocycles. The summed E-state index contributed by atoms with van der Waals surface area (Å²) in [5.41, 5.74) is 4.73. The first kappa shape index (κ1) is 26.5. The molecule has 1 amide bonds. The van der Waals surface area contributed by atoms with E-state index in [1.165, 1.54) is 0 Å². The monoisotopic (exact) mass is 532 g/mol. The Kier molecular flexibility index (Phi) is 8.00. The molecular formula is C30H29ClN2O3S. The topological polar surface area (TPSA) is 66.5 Å². The maximum absolute atomic E-state index is 13.8. The lowest BCUT2D eigenvalue weighted by Crippen LogP contribution is -2.42. The maximum atomic E-state index is 13.8. The quantitative estimate of drug-likeness (QED) is 0.287. The van der Waals surface area contributed by atoms with Gasteiger partial charge in [0, 0.05) is 5.02 Å². The van der Waals surface area contributed by atoms with Gasteiger partial charge >= 0.3 is 0 Å². The minimum atomic E-state index is -4.06. The second-order valence-corrected chi connectivity index (χ2v) is 11.3. The van der Waals surface area contributed by atoms with Gasteiger partial charge in [-0.05, 0) is 61.7 Å². The highest BCUT2D eigenvalue weighted by molar-refractivity contribution is 7.92. The summed E-state index contributed by atoms with van der Waals surface area (Å²) >= 11 is 6.35. The van der Waals surface area contributed by atoms with E-state index in [0.29, 0.717) is 16.3 Å². The molecule has 1 N–H and O–H groups in total. The Balaban J connectivity index is 1.73. The number of hydrogen-bond donors (Lipinski definition) is 1. The Labute approximate surface area is 223 Å². The van der Waals surface area contributed by atoms with Crippen LogP contribution in [0.25, 0.3) is 0 Å². The molecule has 0 radical (unpaired) electrons. The van der Waals surface area contributed by atoms with Crippen molar-refractivity contribution in [3.63, 3.8) is 0 Å². The van der Waals surface area contributed by atoms with Crippen molar-refractivity contribution in [2.75, 3.05) is 10.8 Å². The van der Waals surface area contributed by atoms with Crippen LogP contribution in [0.2, 0.25) is 5.02 Å². The average Bonchev–Trinajstić information content (AvgIpc) is 2.88. The SMILES string of the molecule is Cc1ccc(S(=O)(=O)N(CC(=O)NC(c2ccccc2)c2cccc(C)c2)c2cccc(Cl)c2C)cc1. The smallest absolute Gasteiger partial charge is 0.264 e. The van der Waals surface area contributed by atoms with Crippen LogP contribution in [0.4, 0.5) is 5.69 Å². The van der Waals surface area contributed by atoms with E-state index in [2.05, 4.69) is 5.32 Å². The molecule has 37 heavy (non-hydrogen) atoms. The largest absolute Gasteiger partial charge is 0.344 e.